The van der Waals surface area contributed by atoms with Gasteiger partial charge >= 0.3 is 0 Å². The molecule has 2 aliphatic heterocycles. The summed E-state index contributed by atoms with van der Waals surface area (Å²) in [7, 11) is -6.81. The molecule has 1 atom stereocenters. The van der Waals surface area contributed by atoms with Crippen molar-refractivity contribution in [1.29, 1.82) is 0 Å². The number of pyridine rings is 1. The van der Waals surface area contributed by atoms with E-state index in [2.05, 4.69) is 36.1 Å². The molecule has 2 N–H and O–H groups in total. The molecular formula is C25H36Cl2N6O4S2. The van der Waals surface area contributed by atoms with Crippen molar-refractivity contribution in [3.05, 3.63) is 46.1 Å². The molecule has 0 radical (unpaired) electrons. The lowest BCUT2D eigenvalue weighted by molar-refractivity contribution is 0.0611. The van der Waals surface area contributed by atoms with Crippen LogP contribution in [0.25, 0.3) is 0 Å². The van der Waals surface area contributed by atoms with E-state index in [1.165, 1.54) is 6.20 Å². The third kappa shape index (κ3) is 8.34. The van der Waals surface area contributed by atoms with E-state index in [0.29, 0.717) is 45.9 Å². The molecule has 1 aromatic heterocycles. The number of hydrogen-bond acceptors (Lipinski definition) is 8. The number of halogens is 2. The third-order valence-electron chi connectivity index (χ3n) is 7.21. The van der Waals surface area contributed by atoms with Gasteiger partial charge in [0.05, 0.1) is 35.1 Å². The first-order chi connectivity index (χ1) is 18.3. The average Bonchev–Trinajstić information content (AvgIpc) is 2.84. The smallest absolute Gasteiger partial charge is 0.229 e. The summed E-state index contributed by atoms with van der Waals surface area (Å²) in [6, 6.07) is 7.76. The SMILES string of the molecule is CC[C@H]1CN(c2ncc(NS(C)(=O)=O)cc2Cl)CCN1C1CCN(Cc2ccc(Cl)cc2NS(C)(=O)=O)CC1. The van der Waals surface area contributed by atoms with Gasteiger partial charge in [-0.2, -0.15) is 0 Å². The van der Waals surface area contributed by atoms with Crippen molar-refractivity contribution < 1.29 is 16.8 Å². The zero-order chi connectivity index (χ0) is 28.4. The maximum atomic E-state index is 11.8. The zero-order valence-corrected chi connectivity index (χ0v) is 25.5. The fraction of sp³-hybridized carbons (Fsp3) is 0.560. The number of nitrogens with one attached hydrogen (secondary N) is 2. The van der Waals surface area contributed by atoms with E-state index in [9.17, 15) is 16.8 Å². The predicted octanol–water partition coefficient (Wildman–Crippen LogP) is 3.70. The van der Waals surface area contributed by atoms with Gasteiger partial charge in [-0.25, -0.2) is 21.8 Å². The minimum atomic E-state index is -3.40. The quantitative estimate of drug-likeness (QED) is 0.437. The van der Waals surface area contributed by atoms with Crippen LogP contribution in [0.5, 0.6) is 0 Å². The van der Waals surface area contributed by atoms with Gasteiger partial charge in [-0.1, -0.05) is 36.2 Å². The van der Waals surface area contributed by atoms with Gasteiger partial charge in [-0.3, -0.25) is 19.2 Å². The first kappa shape index (κ1) is 30.1. The van der Waals surface area contributed by atoms with E-state index >= 15 is 0 Å². The van der Waals surface area contributed by atoms with E-state index in [4.69, 9.17) is 23.2 Å². The van der Waals surface area contributed by atoms with Crippen LogP contribution in [0.2, 0.25) is 10.0 Å². The van der Waals surface area contributed by atoms with Gasteiger partial charge in [-0.15, -0.1) is 0 Å². The van der Waals surface area contributed by atoms with Gasteiger partial charge in [0.15, 0.2) is 0 Å². The number of aromatic nitrogens is 1. The summed E-state index contributed by atoms with van der Waals surface area (Å²) in [4.78, 5) is 11.6. The average molecular weight is 620 g/mol. The van der Waals surface area contributed by atoms with Crippen LogP contribution < -0.4 is 14.3 Å². The lowest BCUT2D eigenvalue weighted by Crippen LogP contribution is -2.58. The minimum absolute atomic E-state index is 0.349. The van der Waals surface area contributed by atoms with Crippen molar-refractivity contribution in [3.63, 3.8) is 0 Å². The summed E-state index contributed by atoms with van der Waals surface area (Å²) in [6.45, 7) is 7.17. The molecule has 4 rings (SSSR count). The first-order valence-electron chi connectivity index (χ1n) is 12.9. The number of piperidine rings is 1. The largest absolute Gasteiger partial charge is 0.353 e. The molecule has 2 aromatic rings. The van der Waals surface area contributed by atoms with Crippen molar-refractivity contribution in [3.8, 4) is 0 Å². The zero-order valence-electron chi connectivity index (χ0n) is 22.4. The highest BCUT2D eigenvalue weighted by molar-refractivity contribution is 7.92. The van der Waals surface area contributed by atoms with E-state index in [1.807, 2.05) is 6.07 Å². The molecule has 0 saturated carbocycles. The molecule has 0 bridgehead atoms. The second-order valence-electron chi connectivity index (χ2n) is 10.3. The van der Waals surface area contributed by atoms with Crippen LogP contribution in [0.15, 0.2) is 30.5 Å². The van der Waals surface area contributed by atoms with Crippen molar-refractivity contribution in [2.45, 2.75) is 44.8 Å². The Morgan fingerprint density at radius 2 is 1.67 bits per heavy atom. The number of likely N-dealkylation sites (tertiary alicyclic amines) is 1. The Bertz CT molecular complexity index is 1380. The van der Waals surface area contributed by atoms with Crippen molar-refractivity contribution in [2.24, 2.45) is 0 Å². The van der Waals surface area contributed by atoms with Crippen LogP contribution in [-0.4, -0.2) is 88.9 Å². The Morgan fingerprint density at radius 3 is 2.28 bits per heavy atom. The molecule has 0 amide bonds. The monoisotopic (exact) mass is 618 g/mol. The molecule has 0 unspecified atom stereocenters. The van der Waals surface area contributed by atoms with E-state index in [0.717, 1.165) is 70.1 Å². The summed E-state index contributed by atoms with van der Waals surface area (Å²) < 4.78 is 51.7. The summed E-state index contributed by atoms with van der Waals surface area (Å²) in [5, 5.41) is 0.915. The molecule has 216 valence electrons. The standard InChI is InChI=1S/C25H36Cl2N6O4S2/c1-4-21-17-32(25-23(27)14-20(15-28-25)29-38(2,34)35)11-12-33(21)22-7-9-31(10-8-22)16-18-5-6-19(26)13-24(18)30-39(3,36)37/h5-6,13-15,21-22,29-30H,4,7-12,16-17H2,1-3H3/t21-/m0/s1. The molecule has 3 heterocycles. The number of sulfonamides is 2. The Morgan fingerprint density at radius 1 is 0.974 bits per heavy atom. The Hall–Kier alpha value is -1.83. The van der Waals surface area contributed by atoms with Gasteiger partial charge in [0.25, 0.3) is 0 Å². The lowest BCUT2D eigenvalue weighted by atomic mass is 9.97. The predicted molar refractivity (Wildman–Crippen MR) is 159 cm³/mol. The van der Waals surface area contributed by atoms with Gasteiger partial charge in [0.2, 0.25) is 20.0 Å². The molecule has 0 aliphatic carbocycles. The van der Waals surface area contributed by atoms with Crippen molar-refractivity contribution in [2.75, 3.05) is 59.6 Å². The molecular weight excluding hydrogens is 583 g/mol. The summed E-state index contributed by atoms with van der Waals surface area (Å²) in [5.41, 5.74) is 1.79. The Kier molecular flexibility index (Phi) is 9.55. The number of anilines is 3. The van der Waals surface area contributed by atoms with Crippen LogP contribution in [0.4, 0.5) is 17.2 Å². The molecule has 10 nitrogen and oxygen atoms in total. The van der Waals surface area contributed by atoms with E-state index in [-0.39, 0.29) is 0 Å². The van der Waals surface area contributed by atoms with Crippen LogP contribution >= 0.6 is 23.2 Å². The Balaban J connectivity index is 1.36. The summed E-state index contributed by atoms with van der Waals surface area (Å²) in [6.07, 6.45) is 6.79. The third-order valence-corrected chi connectivity index (χ3v) is 8.92. The number of hydrogen-bond donors (Lipinski definition) is 2. The maximum absolute atomic E-state index is 11.8. The first-order valence-corrected chi connectivity index (χ1v) is 17.5. The highest BCUT2D eigenvalue weighted by atomic mass is 35.5. The van der Waals surface area contributed by atoms with Crippen molar-refractivity contribution >= 4 is 60.4 Å². The summed E-state index contributed by atoms with van der Waals surface area (Å²) >= 11 is 12.6. The van der Waals surface area contributed by atoms with Crippen LogP contribution in [-0.2, 0) is 26.6 Å². The Labute approximate surface area is 241 Å². The number of benzene rings is 1. The van der Waals surface area contributed by atoms with Crippen LogP contribution in [0.3, 0.4) is 0 Å². The highest BCUT2D eigenvalue weighted by Gasteiger charge is 2.34. The van der Waals surface area contributed by atoms with E-state index < -0.39 is 20.0 Å². The molecule has 0 spiro atoms. The molecule has 39 heavy (non-hydrogen) atoms. The maximum Gasteiger partial charge on any atom is 0.229 e. The molecule has 1 aromatic carbocycles. The van der Waals surface area contributed by atoms with Gasteiger partial charge in [-0.05, 0) is 56.1 Å². The second-order valence-corrected chi connectivity index (χ2v) is 14.7. The second kappa shape index (κ2) is 12.4. The fourth-order valence-electron chi connectivity index (χ4n) is 5.47. The molecule has 2 saturated heterocycles. The van der Waals surface area contributed by atoms with Gasteiger partial charge in [0.1, 0.15) is 5.82 Å². The number of piperazine rings is 1. The number of nitrogens with zero attached hydrogens (tertiary/aromatic N) is 4. The van der Waals surface area contributed by atoms with Crippen LogP contribution in [0.1, 0.15) is 31.7 Å². The van der Waals surface area contributed by atoms with Gasteiger partial charge in [0, 0.05) is 43.3 Å². The minimum Gasteiger partial charge on any atom is -0.353 e. The van der Waals surface area contributed by atoms with Gasteiger partial charge < -0.3 is 4.90 Å². The molecule has 14 heteroatoms. The number of rotatable bonds is 9. The molecule has 2 aliphatic rings. The normalized spacial score (nSPS) is 20.2. The highest BCUT2D eigenvalue weighted by Crippen LogP contribution is 2.31. The van der Waals surface area contributed by atoms with Crippen molar-refractivity contribution in [1.82, 2.24) is 14.8 Å². The topological polar surface area (TPSA) is 115 Å². The molecule has 2 fully saturated rings. The van der Waals surface area contributed by atoms with E-state index in [1.54, 1.807) is 18.2 Å². The lowest BCUT2D eigenvalue weighted by Gasteiger charge is -2.47. The fourth-order valence-corrected chi connectivity index (χ4v) is 7.06. The van der Waals surface area contributed by atoms with Crippen LogP contribution in [0, 0.1) is 0 Å². The summed E-state index contributed by atoms with van der Waals surface area (Å²) in [5.74, 6) is 0.671.